The predicted molar refractivity (Wildman–Crippen MR) is 79.3 cm³/mol. The second-order valence-corrected chi connectivity index (χ2v) is 5.04. The van der Waals surface area contributed by atoms with Gasteiger partial charge in [0.25, 0.3) is 0 Å². The third-order valence-electron chi connectivity index (χ3n) is 2.75. The second-order valence-electron chi connectivity index (χ2n) is 3.88. The summed E-state index contributed by atoms with van der Waals surface area (Å²) in [5.41, 5.74) is 0.998. The molecule has 0 bridgehead atoms. The molecule has 0 aliphatic carbocycles. The number of hydrogen-bond donors (Lipinski definition) is 0. The highest BCUT2D eigenvalue weighted by Crippen LogP contribution is 2.23. The average Bonchev–Trinajstić information content (AvgIpc) is 2.44. The van der Waals surface area contributed by atoms with Gasteiger partial charge in [-0.25, -0.2) is 9.59 Å². The summed E-state index contributed by atoms with van der Waals surface area (Å²) in [6.45, 7) is 0. The van der Waals surface area contributed by atoms with Crippen LogP contribution in [0.15, 0.2) is 30.3 Å². The summed E-state index contributed by atoms with van der Waals surface area (Å²) >= 11 is 2.07. The molecule has 0 radical (unpaired) electrons. The lowest BCUT2D eigenvalue weighted by molar-refractivity contribution is 0.0591. The lowest BCUT2D eigenvalue weighted by Gasteiger charge is -2.06. The van der Waals surface area contributed by atoms with Crippen molar-refractivity contribution in [1.82, 2.24) is 0 Å². The van der Waals surface area contributed by atoms with Crippen molar-refractivity contribution in [3.8, 4) is 0 Å². The lowest BCUT2D eigenvalue weighted by Crippen LogP contribution is -2.04. The van der Waals surface area contributed by atoms with Crippen LogP contribution in [-0.4, -0.2) is 26.2 Å². The van der Waals surface area contributed by atoms with E-state index in [0.29, 0.717) is 11.1 Å². The fraction of sp³-hybridized carbons (Fsp3) is 0.143. The summed E-state index contributed by atoms with van der Waals surface area (Å²) in [4.78, 5) is 23.1. The first kappa shape index (κ1) is 13.8. The molecule has 5 heteroatoms. The Bertz CT molecular complexity index is 664. The largest absolute Gasteiger partial charge is 0.465 e. The van der Waals surface area contributed by atoms with Crippen molar-refractivity contribution in [1.29, 1.82) is 0 Å². The van der Waals surface area contributed by atoms with Crippen molar-refractivity contribution in [3.05, 3.63) is 45.0 Å². The molecule has 0 amide bonds. The molecule has 19 heavy (non-hydrogen) atoms. The Labute approximate surface area is 123 Å². The fourth-order valence-electron chi connectivity index (χ4n) is 1.78. The zero-order chi connectivity index (χ0) is 14.0. The highest BCUT2D eigenvalue weighted by atomic mass is 127. The predicted octanol–water partition coefficient (Wildman–Crippen LogP) is 3.02. The third-order valence-corrected chi connectivity index (χ3v) is 3.65. The van der Waals surface area contributed by atoms with Gasteiger partial charge >= 0.3 is 11.9 Å². The van der Waals surface area contributed by atoms with Crippen molar-refractivity contribution in [2.45, 2.75) is 0 Å². The van der Waals surface area contributed by atoms with Crippen LogP contribution >= 0.6 is 22.6 Å². The van der Waals surface area contributed by atoms with E-state index in [0.717, 1.165) is 14.3 Å². The second kappa shape index (κ2) is 5.56. The Morgan fingerprint density at radius 1 is 0.947 bits per heavy atom. The first-order chi connectivity index (χ1) is 9.06. The SMILES string of the molecule is COC(=O)c1ccc2cc(C(=O)OC)c(I)cc2c1. The molecular weight excluding hydrogens is 359 g/mol. The van der Waals surface area contributed by atoms with E-state index in [-0.39, 0.29) is 11.9 Å². The van der Waals surface area contributed by atoms with E-state index in [2.05, 4.69) is 27.3 Å². The zero-order valence-electron chi connectivity index (χ0n) is 10.4. The first-order valence-electron chi connectivity index (χ1n) is 5.46. The van der Waals surface area contributed by atoms with E-state index in [9.17, 15) is 9.59 Å². The van der Waals surface area contributed by atoms with Gasteiger partial charge in [-0.2, -0.15) is 0 Å². The molecule has 0 aromatic heterocycles. The first-order valence-corrected chi connectivity index (χ1v) is 6.54. The molecule has 0 saturated carbocycles. The molecule has 0 spiro atoms. The van der Waals surface area contributed by atoms with Crippen molar-refractivity contribution in [3.63, 3.8) is 0 Å². The summed E-state index contributed by atoms with van der Waals surface area (Å²) in [7, 11) is 2.69. The number of fused-ring (bicyclic) bond motifs is 1. The van der Waals surface area contributed by atoms with Gasteiger partial charge in [0.15, 0.2) is 0 Å². The maximum Gasteiger partial charge on any atom is 0.338 e. The Balaban J connectivity index is 2.58. The van der Waals surface area contributed by atoms with Crippen LogP contribution in [0.25, 0.3) is 10.8 Å². The summed E-state index contributed by atoms with van der Waals surface area (Å²) in [5, 5.41) is 1.74. The summed E-state index contributed by atoms with van der Waals surface area (Å²) in [6.07, 6.45) is 0. The molecule has 0 N–H and O–H groups in total. The van der Waals surface area contributed by atoms with Gasteiger partial charge in [0.1, 0.15) is 0 Å². The number of carbonyl (C=O) groups is 2. The number of ether oxygens (including phenoxy) is 2. The number of hydrogen-bond acceptors (Lipinski definition) is 4. The molecule has 0 fully saturated rings. The Morgan fingerprint density at radius 2 is 1.63 bits per heavy atom. The minimum atomic E-state index is -0.381. The molecule has 2 aromatic rings. The van der Waals surface area contributed by atoms with Crippen LogP contribution in [0, 0.1) is 3.57 Å². The summed E-state index contributed by atoms with van der Waals surface area (Å²) in [6, 6.07) is 8.79. The normalized spacial score (nSPS) is 10.3. The van der Waals surface area contributed by atoms with Crippen LogP contribution in [0.4, 0.5) is 0 Å². The monoisotopic (exact) mass is 370 g/mol. The molecule has 0 heterocycles. The third kappa shape index (κ3) is 2.70. The quantitative estimate of drug-likeness (QED) is 0.603. The van der Waals surface area contributed by atoms with E-state index in [1.165, 1.54) is 14.2 Å². The van der Waals surface area contributed by atoms with Gasteiger partial charge in [-0.3, -0.25) is 0 Å². The summed E-state index contributed by atoms with van der Waals surface area (Å²) < 4.78 is 10.2. The average molecular weight is 370 g/mol. The molecule has 0 aliphatic heterocycles. The Hall–Kier alpha value is -1.63. The van der Waals surface area contributed by atoms with Crippen LogP contribution < -0.4 is 0 Å². The number of carbonyl (C=O) groups excluding carboxylic acids is 2. The molecule has 0 atom stereocenters. The van der Waals surface area contributed by atoms with Crippen molar-refractivity contribution in [2.24, 2.45) is 0 Å². The number of methoxy groups -OCH3 is 2. The Kier molecular flexibility index (Phi) is 4.04. The van der Waals surface area contributed by atoms with Gasteiger partial charge in [-0.15, -0.1) is 0 Å². The van der Waals surface area contributed by atoms with E-state index < -0.39 is 0 Å². The van der Waals surface area contributed by atoms with Crippen LogP contribution in [0.5, 0.6) is 0 Å². The smallest absolute Gasteiger partial charge is 0.338 e. The Morgan fingerprint density at radius 3 is 2.26 bits per heavy atom. The standard InChI is InChI=1S/C14H11IO4/c1-18-13(16)9-4-3-8-6-11(14(17)19-2)12(15)7-10(8)5-9/h3-7H,1-2H3. The van der Waals surface area contributed by atoms with Crippen LogP contribution in [0.1, 0.15) is 20.7 Å². The van der Waals surface area contributed by atoms with E-state index >= 15 is 0 Å². The molecule has 2 rings (SSSR count). The van der Waals surface area contributed by atoms with Gasteiger partial charge in [-0.1, -0.05) is 6.07 Å². The van der Waals surface area contributed by atoms with Gasteiger partial charge in [0.05, 0.1) is 25.3 Å². The number of esters is 2. The number of rotatable bonds is 2. The van der Waals surface area contributed by atoms with E-state index in [4.69, 9.17) is 4.74 Å². The minimum Gasteiger partial charge on any atom is -0.465 e. The summed E-state index contributed by atoms with van der Waals surface area (Å²) in [5.74, 6) is -0.753. The van der Waals surface area contributed by atoms with Crippen molar-refractivity contribution in [2.75, 3.05) is 14.2 Å². The molecule has 2 aromatic carbocycles. The van der Waals surface area contributed by atoms with Crippen LogP contribution in [-0.2, 0) is 9.47 Å². The maximum atomic E-state index is 11.6. The maximum absolute atomic E-state index is 11.6. The molecule has 98 valence electrons. The number of halogens is 1. The molecule has 4 nitrogen and oxygen atoms in total. The van der Waals surface area contributed by atoms with Crippen molar-refractivity contribution >= 4 is 45.3 Å². The van der Waals surface area contributed by atoms with Gasteiger partial charge in [0.2, 0.25) is 0 Å². The van der Waals surface area contributed by atoms with Gasteiger partial charge < -0.3 is 9.47 Å². The highest BCUT2D eigenvalue weighted by molar-refractivity contribution is 14.1. The lowest BCUT2D eigenvalue weighted by atomic mass is 10.0. The van der Waals surface area contributed by atoms with Crippen LogP contribution in [0.3, 0.4) is 0 Å². The molecule has 0 aliphatic rings. The van der Waals surface area contributed by atoms with Gasteiger partial charge in [0, 0.05) is 3.57 Å². The van der Waals surface area contributed by atoms with E-state index in [1.807, 2.05) is 6.07 Å². The zero-order valence-corrected chi connectivity index (χ0v) is 12.6. The highest BCUT2D eigenvalue weighted by Gasteiger charge is 2.13. The topological polar surface area (TPSA) is 52.6 Å². The van der Waals surface area contributed by atoms with E-state index in [1.54, 1.807) is 24.3 Å². The molecule has 0 unspecified atom stereocenters. The minimum absolute atomic E-state index is 0.372. The van der Waals surface area contributed by atoms with Crippen LogP contribution in [0.2, 0.25) is 0 Å². The fourth-order valence-corrected chi connectivity index (χ4v) is 2.49. The molecular formula is C14H11IO4. The number of benzene rings is 2. The van der Waals surface area contributed by atoms with Gasteiger partial charge in [-0.05, 0) is 57.6 Å². The molecule has 0 saturated heterocycles. The van der Waals surface area contributed by atoms with Crippen molar-refractivity contribution < 1.29 is 19.1 Å².